The molecule has 190 valence electrons. The Labute approximate surface area is 213 Å². The molecular formula is C30H36N2O4. The van der Waals surface area contributed by atoms with E-state index in [4.69, 9.17) is 9.15 Å². The lowest BCUT2D eigenvalue weighted by molar-refractivity contribution is -0.156. The number of Topliss-reactive ketones (excluding diaryl/α,β-unsaturated/α-hetero) is 1. The zero-order chi connectivity index (χ0) is 26.0. The molecule has 1 saturated carbocycles. The first-order valence-corrected chi connectivity index (χ1v) is 12.7. The van der Waals surface area contributed by atoms with E-state index in [2.05, 4.69) is 23.5 Å². The molecule has 36 heavy (non-hydrogen) atoms. The fourth-order valence-electron chi connectivity index (χ4n) is 5.40. The monoisotopic (exact) mass is 488 g/mol. The normalized spacial score (nSPS) is 20.3. The van der Waals surface area contributed by atoms with Crippen molar-refractivity contribution in [3.05, 3.63) is 65.8 Å². The Balaban J connectivity index is 1.52. The van der Waals surface area contributed by atoms with Crippen LogP contribution in [0.25, 0.3) is 16.7 Å². The van der Waals surface area contributed by atoms with Crippen LogP contribution in [0.2, 0.25) is 0 Å². The van der Waals surface area contributed by atoms with Gasteiger partial charge in [-0.15, -0.1) is 0 Å². The fourth-order valence-corrected chi connectivity index (χ4v) is 5.40. The van der Waals surface area contributed by atoms with E-state index in [1.807, 2.05) is 33.8 Å². The van der Waals surface area contributed by atoms with Crippen molar-refractivity contribution in [3.8, 4) is 0 Å². The molecule has 1 aliphatic rings. The van der Waals surface area contributed by atoms with Gasteiger partial charge in [0.25, 0.3) is 0 Å². The summed E-state index contributed by atoms with van der Waals surface area (Å²) < 4.78 is 11.1. The SMILES string of the molecule is C=C(C)c1coc2ccc(C(=O)Cc3cnccc3[C@@H]3C[C@H](C)C[C@H](CC(=O)OC(C)(C)C)C3)nc12. The fraction of sp³-hybridized carbons (Fsp3) is 0.467. The quantitative estimate of drug-likeness (QED) is 0.265. The number of pyridine rings is 2. The first kappa shape index (κ1) is 25.8. The lowest BCUT2D eigenvalue weighted by Gasteiger charge is -2.34. The molecule has 0 aliphatic heterocycles. The highest BCUT2D eigenvalue weighted by atomic mass is 16.6. The first-order valence-electron chi connectivity index (χ1n) is 12.7. The summed E-state index contributed by atoms with van der Waals surface area (Å²) in [5.41, 5.74) is 4.94. The van der Waals surface area contributed by atoms with Crippen molar-refractivity contribution in [1.29, 1.82) is 0 Å². The Morgan fingerprint density at radius 3 is 2.67 bits per heavy atom. The van der Waals surface area contributed by atoms with E-state index < -0.39 is 5.60 Å². The first-order chi connectivity index (χ1) is 17.0. The largest absolute Gasteiger partial charge is 0.462 e. The van der Waals surface area contributed by atoms with Crippen LogP contribution in [-0.4, -0.2) is 27.3 Å². The van der Waals surface area contributed by atoms with Crippen LogP contribution in [-0.2, 0) is 16.0 Å². The molecule has 0 amide bonds. The zero-order valence-corrected chi connectivity index (χ0v) is 22.0. The average molecular weight is 489 g/mol. The van der Waals surface area contributed by atoms with Gasteiger partial charge in [-0.25, -0.2) is 4.98 Å². The van der Waals surface area contributed by atoms with Crippen LogP contribution in [0.1, 0.15) is 93.4 Å². The summed E-state index contributed by atoms with van der Waals surface area (Å²) >= 11 is 0. The van der Waals surface area contributed by atoms with Gasteiger partial charge in [-0.2, -0.15) is 0 Å². The van der Waals surface area contributed by atoms with Crippen molar-refractivity contribution < 1.29 is 18.7 Å². The van der Waals surface area contributed by atoms with Crippen molar-refractivity contribution in [2.45, 2.75) is 78.2 Å². The van der Waals surface area contributed by atoms with Crippen LogP contribution in [0.3, 0.4) is 0 Å². The molecule has 1 aliphatic carbocycles. The summed E-state index contributed by atoms with van der Waals surface area (Å²) in [6.07, 6.45) is 8.81. The number of fused-ring (bicyclic) bond motifs is 1. The average Bonchev–Trinajstić information content (AvgIpc) is 3.21. The maximum atomic E-state index is 13.3. The molecular weight excluding hydrogens is 452 g/mol. The van der Waals surface area contributed by atoms with Crippen molar-refractivity contribution >= 4 is 28.4 Å². The highest BCUT2D eigenvalue weighted by Gasteiger charge is 2.31. The highest BCUT2D eigenvalue weighted by molar-refractivity contribution is 5.98. The van der Waals surface area contributed by atoms with Crippen LogP contribution < -0.4 is 0 Å². The molecule has 0 aromatic carbocycles. The van der Waals surface area contributed by atoms with Gasteiger partial charge in [-0.3, -0.25) is 14.6 Å². The number of aromatic nitrogens is 2. The molecule has 0 bridgehead atoms. The van der Waals surface area contributed by atoms with E-state index in [-0.39, 0.29) is 30.0 Å². The molecule has 4 rings (SSSR count). The number of carbonyl (C=O) groups excluding carboxylic acids is 2. The van der Waals surface area contributed by atoms with Gasteiger partial charge in [0.1, 0.15) is 23.1 Å². The molecule has 6 heteroatoms. The minimum atomic E-state index is -0.478. The number of furan rings is 1. The molecule has 3 heterocycles. The summed E-state index contributed by atoms with van der Waals surface area (Å²) in [5.74, 6) is 0.815. The summed E-state index contributed by atoms with van der Waals surface area (Å²) in [4.78, 5) is 34.7. The smallest absolute Gasteiger partial charge is 0.306 e. The molecule has 0 N–H and O–H groups in total. The third-order valence-electron chi connectivity index (χ3n) is 6.81. The summed E-state index contributed by atoms with van der Waals surface area (Å²) in [6.45, 7) is 13.8. The number of nitrogens with zero attached hydrogens (tertiary/aromatic N) is 2. The summed E-state index contributed by atoms with van der Waals surface area (Å²) in [5, 5.41) is 0. The Kier molecular flexibility index (Phi) is 7.43. The standard InChI is InChI=1S/C30H36N2O4/c1-18(2)24-17-35-27-8-7-25(32-29(24)27)26(33)15-22-16-31-10-9-23(22)21-12-19(3)11-20(13-21)14-28(34)36-30(4,5)6/h7-10,16-17,19-21H,1,11-15H2,2-6H3/t19-,20+,21-/m1/s1. The number of hydrogen-bond donors (Lipinski definition) is 0. The summed E-state index contributed by atoms with van der Waals surface area (Å²) in [6, 6.07) is 5.53. The number of hydrogen-bond acceptors (Lipinski definition) is 6. The second-order valence-electron chi connectivity index (χ2n) is 11.3. The maximum Gasteiger partial charge on any atom is 0.306 e. The van der Waals surface area contributed by atoms with E-state index in [0.29, 0.717) is 29.1 Å². The van der Waals surface area contributed by atoms with Crippen molar-refractivity contribution in [3.63, 3.8) is 0 Å². The molecule has 0 spiro atoms. The molecule has 1 fully saturated rings. The topological polar surface area (TPSA) is 82.3 Å². The van der Waals surface area contributed by atoms with Crippen LogP contribution >= 0.6 is 0 Å². The van der Waals surface area contributed by atoms with E-state index in [1.165, 1.54) is 0 Å². The molecule has 3 atom stereocenters. The lowest BCUT2D eigenvalue weighted by atomic mass is 9.71. The predicted octanol–water partition coefficient (Wildman–Crippen LogP) is 6.93. The number of rotatable bonds is 7. The number of carbonyl (C=O) groups is 2. The van der Waals surface area contributed by atoms with Crippen molar-refractivity contribution in [2.75, 3.05) is 0 Å². The van der Waals surface area contributed by atoms with Gasteiger partial charge in [-0.1, -0.05) is 13.5 Å². The van der Waals surface area contributed by atoms with Crippen LogP contribution in [0, 0.1) is 11.8 Å². The molecule has 3 aromatic rings. The van der Waals surface area contributed by atoms with Crippen molar-refractivity contribution in [2.24, 2.45) is 11.8 Å². The van der Waals surface area contributed by atoms with Gasteiger partial charge in [-0.05, 0) is 99.6 Å². The predicted molar refractivity (Wildman–Crippen MR) is 141 cm³/mol. The van der Waals surface area contributed by atoms with E-state index in [1.54, 1.807) is 30.8 Å². The highest BCUT2D eigenvalue weighted by Crippen LogP contribution is 2.42. The molecule has 3 aromatic heterocycles. The number of ether oxygens (including phenoxy) is 1. The maximum absolute atomic E-state index is 13.3. The number of esters is 1. The third kappa shape index (κ3) is 6.10. The van der Waals surface area contributed by atoms with E-state index in [0.717, 1.165) is 41.5 Å². The Morgan fingerprint density at radius 2 is 1.94 bits per heavy atom. The molecule has 0 unspecified atom stereocenters. The zero-order valence-electron chi connectivity index (χ0n) is 22.0. The Bertz CT molecular complexity index is 1280. The van der Waals surface area contributed by atoms with Crippen LogP contribution in [0.4, 0.5) is 0 Å². The number of ketones is 1. The van der Waals surface area contributed by atoms with E-state index >= 15 is 0 Å². The number of allylic oxidation sites excluding steroid dienone is 1. The Hall–Kier alpha value is -3.28. The minimum absolute atomic E-state index is 0.0609. The van der Waals surface area contributed by atoms with Crippen molar-refractivity contribution in [1.82, 2.24) is 9.97 Å². The second-order valence-corrected chi connectivity index (χ2v) is 11.3. The Morgan fingerprint density at radius 1 is 1.17 bits per heavy atom. The van der Waals surface area contributed by atoms with Crippen LogP contribution in [0.15, 0.2) is 47.9 Å². The molecule has 0 saturated heterocycles. The summed E-state index contributed by atoms with van der Waals surface area (Å²) in [7, 11) is 0. The molecule has 6 nitrogen and oxygen atoms in total. The van der Waals surface area contributed by atoms with E-state index in [9.17, 15) is 9.59 Å². The van der Waals surface area contributed by atoms with Gasteiger partial charge < -0.3 is 9.15 Å². The molecule has 0 radical (unpaired) electrons. The van der Waals surface area contributed by atoms with Crippen LogP contribution in [0.5, 0.6) is 0 Å². The van der Waals surface area contributed by atoms with Gasteiger partial charge >= 0.3 is 5.97 Å². The second kappa shape index (κ2) is 10.4. The van der Waals surface area contributed by atoms with Gasteiger partial charge in [0, 0.05) is 30.8 Å². The van der Waals surface area contributed by atoms with Gasteiger partial charge in [0.05, 0.1) is 0 Å². The van der Waals surface area contributed by atoms with Gasteiger partial charge in [0.2, 0.25) is 0 Å². The third-order valence-corrected chi connectivity index (χ3v) is 6.81. The minimum Gasteiger partial charge on any atom is -0.462 e. The van der Waals surface area contributed by atoms with Gasteiger partial charge in [0.15, 0.2) is 11.4 Å². The lowest BCUT2D eigenvalue weighted by Crippen LogP contribution is -2.28.